The second-order valence-electron chi connectivity index (χ2n) is 10.4. The van der Waals surface area contributed by atoms with Crippen LogP contribution in [0.5, 0.6) is 23.0 Å². The topological polar surface area (TPSA) is 217 Å². The third kappa shape index (κ3) is 8.69. The number of hydrogen-bond acceptors (Lipinski definition) is 16. The number of aliphatic hydroxyl groups is 2. The third-order valence-electron chi connectivity index (χ3n) is 7.65. The maximum absolute atomic E-state index is 13.9. The Balaban J connectivity index is 2.18. The number of benzene rings is 2. The van der Waals surface area contributed by atoms with Crippen molar-refractivity contribution in [2.75, 3.05) is 55.9 Å². The lowest BCUT2D eigenvalue weighted by Gasteiger charge is -2.28. The summed E-state index contributed by atoms with van der Waals surface area (Å²) in [5.74, 6) is -10.3. The molecule has 0 saturated carbocycles. The minimum atomic E-state index is -1.40. The molecule has 50 heavy (non-hydrogen) atoms. The number of carbonyl (C=O) groups excluding carboxylic acids is 6. The van der Waals surface area contributed by atoms with Crippen molar-refractivity contribution in [3.05, 3.63) is 70.2 Å². The van der Waals surface area contributed by atoms with Crippen LogP contribution in [0.2, 0.25) is 0 Å². The summed E-state index contributed by atoms with van der Waals surface area (Å²) in [7, 11) is 7.15. The highest BCUT2D eigenvalue weighted by molar-refractivity contribution is 6.24. The highest BCUT2D eigenvalue weighted by Gasteiger charge is 2.43. The highest BCUT2D eigenvalue weighted by Crippen LogP contribution is 2.43. The first-order chi connectivity index (χ1) is 23.8. The van der Waals surface area contributed by atoms with Crippen LogP contribution in [-0.4, -0.2) is 102 Å². The molecule has 2 aromatic rings. The number of hydrogen-bond donors (Lipinski definition) is 2. The molecule has 268 valence electrons. The van der Waals surface area contributed by atoms with Gasteiger partial charge in [-0.2, -0.15) is 0 Å². The smallest absolute Gasteiger partial charge is 0.343 e. The molecular weight excluding hydrogens is 664 g/mol. The van der Waals surface area contributed by atoms with E-state index < -0.39 is 96.0 Å². The fraction of sp³-hybridized carbons (Fsp3) is 0.353. The zero-order chi connectivity index (χ0) is 37.1. The lowest BCUT2D eigenvalue weighted by Crippen LogP contribution is -2.31. The predicted molar refractivity (Wildman–Crippen MR) is 169 cm³/mol. The van der Waals surface area contributed by atoms with Crippen LogP contribution in [0.3, 0.4) is 0 Å². The van der Waals surface area contributed by atoms with Crippen molar-refractivity contribution in [1.82, 2.24) is 0 Å². The Morgan fingerprint density at radius 2 is 0.880 bits per heavy atom. The van der Waals surface area contributed by atoms with Gasteiger partial charge >= 0.3 is 23.9 Å². The Hall–Kier alpha value is -6.06. The van der Waals surface area contributed by atoms with Gasteiger partial charge < -0.3 is 48.1 Å². The summed E-state index contributed by atoms with van der Waals surface area (Å²) in [5, 5.41) is 22.7. The summed E-state index contributed by atoms with van der Waals surface area (Å²) in [4.78, 5) is 76.5. The van der Waals surface area contributed by atoms with Gasteiger partial charge in [-0.3, -0.25) is 19.2 Å². The lowest BCUT2D eigenvalue weighted by molar-refractivity contribution is -0.143. The van der Waals surface area contributed by atoms with E-state index >= 15 is 0 Å². The van der Waals surface area contributed by atoms with Crippen molar-refractivity contribution < 1.29 is 76.9 Å². The van der Waals surface area contributed by atoms with Crippen molar-refractivity contribution in [2.45, 2.75) is 24.7 Å². The Bertz CT molecular complexity index is 1590. The number of Topliss-reactive ketones (excluding diaryl/α,β-unsaturated/α-hetero) is 2. The Morgan fingerprint density at radius 3 is 1.18 bits per heavy atom. The van der Waals surface area contributed by atoms with Crippen LogP contribution in [-0.2, 0) is 47.7 Å². The van der Waals surface area contributed by atoms with E-state index in [0.717, 1.165) is 28.4 Å². The molecule has 0 radical (unpaired) electrons. The number of esters is 4. The average Bonchev–Trinajstić information content (AvgIpc) is 3.13. The van der Waals surface area contributed by atoms with Gasteiger partial charge in [0.2, 0.25) is 11.6 Å². The molecule has 2 atom stereocenters. The van der Waals surface area contributed by atoms with Gasteiger partial charge in [0.1, 0.15) is 0 Å². The number of allylic oxidation sites excluding steroid dienone is 2. The number of carbonyl (C=O) groups is 6. The zero-order valence-corrected chi connectivity index (χ0v) is 28.1. The summed E-state index contributed by atoms with van der Waals surface area (Å²) in [5.41, 5.74) is -1.05. The Kier molecular flexibility index (Phi) is 13.3. The van der Waals surface area contributed by atoms with E-state index in [-0.39, 0.29) is 34.1 Å². The third-order valence-corrected chi connectivity index (χ3v) is 7.65. The molecule has 16 nitrogen and oxygen atoms in total. The summed E-state index contributed by atoms with van der Waals surface area (Å²) in [6, 6.07) is 8.26. The standard InChI is InChI=1S/C34H36O16/c1-43-21-9-7-17(11-23(21)49-15-27(37)47-5)19(13-25(35)45-3)29-31(39)33(41)30(34(42)32(29)40)20(14-26(36)46-4)18-8-10-22(44-2)24(12-18)50-16-28(38)48-6/h7-12,19-20,39,42H,13-16H2,1-6H3/t19-,20-/m0/s1. The molecule has 2 aromatic carbocycles. The first kappa shape index (κ1) is 38.4. The van der Waals surface area contributed by atoms with Crippen LogP contribution in [0.1, 0.15) is 35.8 Å². The molecule has 0 spiro atoms. The van der Waals surface area contributed by atoms with E-state index in [2.05, 4.69) is 9.47 Å². The first-order valence-corrected chi connectivity index (χ1v) is 14.7. The molecule has 2 N–H and O–H groups in total. The van der Waals surface area contributed by atoms with Crippen molar-refractivity contribution in [1.29, 1.82) is 0 Å². The van der Waals surface area contributed by atoms with E-state index in [9.17, 15) is 39.0 Å². The summed E-state index contributed by atoms with van der Waals surface area (Å²) in [6.07, 6.45) is -1.18. The molecule has 0 fully saturated rings. The van der Waals surface area contributed by atoms with Gasteiger partial charge in [-0.1, -0.05) is 12.1 Å². The van der Waals surface area contributed by atoms with Crippen molar-refractivity contribution in [3.8, 4) is 23.0 Å². The predicted octanol–water partition coefficient (Wildman–Crippen LogP) is 2.58. The molecule has 16 heteroatoms. The van der Waals surface area contributed by atoms with Crippen LogP contribution >= 0.6 is 0 Å². The highest BCUT2D eigenvalue weighted by atomic mass is 16.6. The van der Waals surface area contributed by atoms with Gasteiger partial charge in [0.25, 0.3) is 0 Å². The first-order valence-electron chi connectivity index (χ1n) is 14.7. The normalized spacial score (nSPS) is 14.0. The van der Waals surface area contributed by atoms with E-state index in [4.69, 9.17) is 28.4 Å². The van der Waals surface area contributed by atoms with Gasteiger partial charge in [0, 0.05) is 11.8 Å². The van der Waals surface area contributed by atoms with Gasteiger partial charge in [-0.05, 0) is 35.4 Å². The second-order valence-corrected chi connectivity index (χ2v) is 10.4. The molecule has 0 heterocycles. The largest absolute Gasteiger partial charge is 0.504 e. The molecule has 0 bridgehead atoms. The molecule has 0 unspecified atom stereocenters. The molecule has 1 aliphatic carbocycles. The van der Waals surface area contributed by atoms with E-state index in [1.165, 1.54) is 50.6 Å². The van der Waals surface area contributed by atoms with E-state index in [1.54, 1.807) is 0 Å². The summed E-state index contributed by atoms with van der Waals surface area (Å²) in [6.45, 7) is -1.06. The van der Waals surface area contributed by atoms with Crippen molar-refractivity contribution in [3.63, 3.8) is 0 Å². The van der Waals surface area contributed by atoms with Gasteiger partial charge in [-0.15, -0.1) is 0 Å². The lowest BCUT2D eigenvalue weighted by atomic mass is 9.75. The fourth-order valence-electron chi connectivity index (χ4n) is 5.07. The van der Waals surface area contributed by atoms with Crippen LogP contribution in [0, 0.1) is 0 Å². The number of ketones is 2. The molecule has 3 rings (SSSR count). The monoisotopic (exact) mass is 700 g/mol. The van der Waals surface area contributed by atoms with Gasteiger partial charge in [-0.25, -0.2) is 9.59 Å². The van der Waals surface area contributed by atoms with Crippen LogP contribution < -0.4 is 18.9 Å². The molecule has 0 aromatic heterocycles. The SMILES string of the molecule is COC(=O)COc1cc([C@H](CC(=O)OC)C2=C(O)C(=O)C([C@@H](CC(=O)OC)c3ccc(OC)c(OCC(=O)OC)c3)=C(O)C2=O)ccc1OC. The van der Waals surface area contributed by atoms with Gasteiger partial charge in [0.05, 0.1) is 66.6 Å². The van der Waals surface area contributed by atoms with Crippen LogP contribution in [0.25, 0.3) is 0 Å². The number of rotatable bonds is 16. The molecule has 0 aliphatic heterocycles. The average molecular weight is 701 g/mol. The Morgan fingerprint density at radius 1 is 0.540 bits per heavy atom. The molecular formula is C34H36O16. The molecule has 0 amide bonds. The minimum absolute atomic E-state index is 0.0109. The summed E-state index contributed by atoms with van der Waals surface area (Å²) < 4.78 is 40.3. The quantitative estimate of drug-likeness (QED) is 0.146. The zero-order valence-electron chi connectivity index (χ0n) is 28.1. The summed E-state index contributed by atoms with van der Waals surface area (Å²) >= 11 is 0. The molecule has 1 aliphatic rings. The van der Waals surface area contributed by atoms with E-state index in [1.807, 2.05) is 0 Å². The Labute approximate surface area is 286 Å². The number of aliphatic hydroxyl groups excluding tert-OH is 2. The fourth-order valence-corrected chi connectivity index (χ4v) is 5.07. The second kappa shape index (κ2) is 17.4. The van der Waals surface area contributed by atoms with Gasteiger partial charge in [0.15, 0.2) is 47.7 Å². The number of methoxy groups -OCH3 is 6. The van der Waals surface area contributed by atoms with Crippen molar-refractivity contribution >= 4 is 35.4 Å². The number of ether oxygens (including phenoxy) is 8. The maximum atomic E-state index is 13.9. The minimum Gasteiger partial charge on any atom is -0.504 e. The van der Waals surface area contributed by atoms with Crippen LogP contribution in [0.4, 0.5) is 0 Å². The van der Waals surface area contributed by atoms with Crippen molar-refractivity contribution in [2.24, 2.45) is 0 Å². The van der Waals surface area contributed by atoms with Crippen LogP contribution in [0.15, 0.2) is 59.1 Å². The maximum Gasteiger partial charge on any atom is 0.343 e. The van der Waals surface area contributed by atoms with E-state index in [0.29, 0.717) is 0 Å². The molecule has 0 saturated heterocycles.